The summed E-state index contributed by atoms with van der Waals surface area (Å²) in [6, 6.07) is 12.9. The van der Waals surface area contributed by atoms with Gasteiger partial charge in [0.15, 0.2) is 0 Å². The Bertz CT molecular complexity index is 1890. The highest BCUT2D eigenvalue weighted by atomic mass is 35.5. The molecule has 13 heteroatoms. The van der Waals surface area contributed by atoms with Crippen molar-refractivity contribution in [1.29, 1.82) is 5.26 Å². The standard InChI is InChI=1S/C41H49Cl2F2N3O6/c1-38(2,3)22-32-41(23-46,27-14-13-25(42)21-29(27)44)33(26-10-9-11-28(43)34(26)45)35(48-32)36(50)47-30-15-12-24(20-31(30)52-8)37(51)54-40(6,7)17-19-53-39(4,5)16-18-49/h9-15,20-21,32-33,35,48-49H,16-19,22H2,1-8H3,(H,47,50). The lowest BCUT2D eigenvalue weighted by molar-refractivity contribution is -0.118. The lowest BCUT2D eigenvalue weighted by Crippen LogP contribution is -2.45. The molecule has 292 valence electrons. The van der Waals surface area contributed by atoms with E-state index in [0.29, 0.717) is 25.9 Å². The summed E-state index contributed by atoms with van der Waals surface area (Å²) in [5.41, 5.74) is -3.40. The number of rotatable bonds is 14. The van der Waals surface area contributed by atoms with Crippen LogP contribution < -0.4 is 15.4 Å². The molecule has 1 aliphatic heterocycles. The number of carbonyl (C=O) groups is 2. The number of nitrogens with one attached hydrogen (secondary N) is 2. The van der Waals surface area contributed by atoms with Crippen LogP contribution in [0.3, 0.4) is 0 Å². The fraction of sp³-hybridized carbons (Fsp3) is 0.488. The van der Waals surface area contributed by atoms with Gasteiger partial charge in [-0.15, -0.1) is 0 Å². The second-order valence-electron chi connectivity index (χ2n) is 16.1. The molecule has 9 nitrogen and oxygen atoms in total. The van der Waals surface area contributed by atoms with Gasteiger partial charge in [0.25, 0.3) is 0 Å². The van der Waals surface area contributed by atoms with Crippen LogP contribution in [-0.4, -0.2) is 60.6 Å². The summed E-state index contributed by atoms with van der Waals surface area (Å²) >= 11 is 12.4. The molecule has 3 aromatic carbocycles. The molecule has 0 bridgehead atoms. The number of esters is 1. The summed E-state index contributed by atoms with van der Waals surface area (Å²) in [6.45, 7) is 13.4. The minimum atomic E-state index is -1.81. The monoisotopic (exact) mass is 787 g/mol. The molecule has 1 saturated heterocycles. The Morgan fingerprint density at radius 2 is 1.70 bits per heavy atom. The maximum absolute atomic E-state index is 16.1. The van der Waals surface area contributed by atoms with Crippen molar-refractivity contribution < 1.29 is 37.7 Å². The Morgan fingerprint density at radius 3 is 2.31 bits per heavy atom. The van der Waals surface area contributed by atoms with Gasteiger partial charge in [-0.25, -0.2) is 13.6 Å². The summed E-state index contributed by atoms with van der Waals surface area (Å²) < 4.78 is 49.3. The number of halogens is 4. The van der Waals surface area contributed by atoms with Crippen molar-refractivity contribution in [2.45, 2.75) is 102 Å². The summed E-state index contributed by atoms with van der Waals surface area (Å²) in [5, 5.41) is 26.4. The number of hydrogen-bond donors (Lipinski definition) is 3. The van der Waals surface area contributed by atoms with Crippen molar-refractivity contribution in [2.75, 3.05) is 25.6 Å². The van der Waals surface area contributed by atoms with Gasteiger partial charge in [0, 0.05) is 35.6 Å². The van der Waals surface area contributed by atoms with E-state index in [1.807, 2.05) is 34.6 Å². The molecule has 1 amide bonds. The fourth-order valence-electron chi connectivity index (χ4n) is 6.96. The number of ether oxygens (including phenoxy) is 3. The van der Waals surface area contributed by atoms with Gasteiger partial charge in [-0.1, -0.05) is 62.2 Å². The molecule has 4 rings (SSSR count). The Kier molecular flexibility index (Phi) is 13.5. The van der Waals surface area contributed by atoms with E-state index in [-0.39, 0.29) is 44.8 Å². The molecule has 3 aromatic rings. The Hall–Kier alpha value is -3.79. The topological polar surface area (TPSA) is 130 Å². The molecule has 0 aliphatic carbocycles. The lowest BCUT2D eigenvalue weighted by atomic mass is 9.62. The number of hydrogen-bond acceptors (Lipinski definition) is 8. The van der Waals surface area contributed by atoms with Crippen molar-refractivity contribution in [3.05, 3.63) is 93.0 Å². The number of methoxy groups -OCH3 is 1. The number of aliphatic hydroxyl groups excluding tert-OH is 1. The zero-order valence-corrected chi connectivity index (χ0v) is 33.4. The number of nitrogens with zero attached hydrogens (tertiary/aromatic N) is 1. The molecule has 0 radical (unpaired) electrons. The molecular weight excluding hydrogens is 739 g/mol. The van der Waals surface area contributed by atoms with Crippen LogP contribution in [0.5, 0.6) is 5.75 Å². The quantitative estimate of drug-likeness (QED) is 0.138. The highest BCUT2D eigenvalue weighted by molar-refractivity contribution is 6.31. The average molecular weight is 789 g/mol. The molecular formula is C41H49Cl2F2N3O6. The zero-order valence-electron chi connectivity index (χ0n) is 31.9. The van der Waals surface area contributed by atoms with Gasteiger partial charge in [0.2, 0.25) is 5.91 Å². The first kappa shape index (κ1) is 42.9. The van der Waals surface area contributed by atoms with E-state index in [1.54, 1.807) is 13.8 Å². The van der Waals surface area contributed by atoms with E-state index >= 15 is 8.78 Å². The van der Waals surface area contributed by atoms with Gasteiger partial charge in [-0.2, -0.15) is 5.26 Å². The summed E-state index contributed by atoms with van der Waals surface area (Å²) in [5.74, 6) is -4.04. The Labute approximate surface area is 326 Å². The minimum Gasteiger partial charge on any atom is -0.495 e. The van der Waals surface area contributed by atoms with E-state index in [9.17, 15) is 20.0 Å². The number of carbonyl (C=O) groups excluding carboxylic acids is 2. The minimum absolute atomic E-state index is 0.0103. The van der Waals surface area contributed by atoms with Crippen molar-refractivity contribution in [1.82, 2.24) is 5.32 Å². The van der Waals surface area contributed by atoms with Crippen LogP contribution in [0.15, 0.2) is 54.6 Å². The molecule has 1 aliphatic rings. The fourth-order valence-corrected chi connectivity index (χ4v) is 7.30. The second-order valence-corrected chi connectivity index (χ2v) is 16.9. The van der Waals surface area contributed by atoms with Crippen LogP contribution in [0.2, 0.25) is 10.0 Å². The third kappa shape index (κ3) is 9.71. The van der Waals surface area contributed by atoms with E-state index in [4.69, 9.17) is 37.4 Å². The highest BCUT2D eigenvalue weighted by Gasteiger charge is 2.61. The predicted octanol–water partition coefficient (Wildman–Crippen LogP) is 8.74. The maximum atomic E-state index is 16.1. The van der Waals surface area contributed by atoms with E-state index in [1.165, 1.54) is 55.6 Å². The van der Waals surface area contributed by atoms with E-state index < -0.39 is 63.5 Å². The van der Waals surface area contributed by atoms with Gasteiger partial charge in [-0.05, 0) is 87.9 Å². The molecule has 0 aromatic heterocycles. The molecule has 4 unspecified atom stereocenters. The lowest BCUT2D eigenvalue weighted by Gasteiger charge is -2.37. The third-order valence-corrected chi connectivity index (χ3v) is 10.2. The molecule has 0 spiro atoms. The third-order valence-electron chi connectivity index (χ3n) is 9.71. The van der Waals surface area contributed by atoms with Crippen LogP contribution in [0, 0.1) is 28.4 Å². The SMILES string of the molecule is COc1cc(C(=O)OC(C)(C)CCOC(C)(C)CCO)ccc1NC(=O)C1NC(CC(C)(C)C)C(C#N)(c2ccc(Cl)cc2F)C1c1cccc(Cl)c1F. The summed E-state index contributed by atoms with van der Waals surface area (Å²) in [6.07, 6.45) is 1.15. The number of anilines is 1. The van der Waals surface area contributed by atoms with Crippen LogP contribution in [-0.2, 0) is 19.7 Å². The molecule has 3 N–H and O–H groups in total. The smallest absolute Gasteiger partial charge is 0.338 e. The summed E-state index contributed by atoms with van der Waals surface area (Å²) in [4.78, 5) is 27.7. The highest BCUT2D eigenvalue weighted by Crippen LogP contribution is 2.53. The van der Waals surface area contributed by atoms with E-state index in [2.05, 4.69) is 16.7 Å². The van der Waals surface area contributed by atoms with Gasteiger partial charge < -0.3 is 30.0 Å². The van der Waals surface area contributed by atoms with Crippen LogP contribution in [0.4, 0.5) is 14.5 Å². The second kappa shape index (κ2) is 16.9. The van der Waals surface area contributed by atoms with Gasteiger partial charge >= 0.3 is 5.97 Å². The first-order chi connectivity index (χ1) is 25.2. The number of nitriles is 1. The van der Waals surface area contributed by atoms with Gasteiger partial charge in [0.1, 0.15) is 28.4 Å². The molecule has 0 saturated carbocycles. The predicted molar refractivity (Wildman–Crippen MR) is 205 cm³/mol. The summed E-state index contributed by atoms with van der Waals surface area (Å²) in [7, 11) is 1.37. The molecule has 1 fully saturated rings. The first-order valence-electron chi connectivity index (χ1n) is 17.7. The Balaban J connectivity index is 1.70. The number of aliphatic hydroxyl groups is 1. The van der Waals surface area contributed by atoms with E-state index in [0.717, 1.165) is 6.07 Å². The number of amides is 1. The number of benzene rings is 3. The van der Waals surface area contributed by atoms with Crippen molar-refractivity contribution in [2.24, 2.45) is 5.41 Å². The molecule has 4 atom stereocenters. The van der Waals surface area contributed by atoms with Gasteiger partial charge in [-0.3, -0.25) is 4.79 Å². The average Bonchev–Trinajstić information content (AvgIpc) is 3.38. The maximum Gasteiger partial charge on any atom is 0.338 e. The van der Waals surface area contributed by atoms with Gasteiger partial charge in [0.05, 0.1) is 47.7 Å². The van der Waals surface area contributed by atoms with Crippen LogP contribution >= 0.6 is 23.2 Å². The molecule has 54 heavy (non-hydrogen) atoms. The van der Waals surface area contributed by atoms with Crippen molar-refractivity contribution in [3.63, 3.8) is 0 Å². The van der Waals surface area contributed by atoms with Crippen LogP contribution in [0.1, 0.15) is 95.1 Å². The molecule has 1 heterocycles. The van der Waals surface area contributed by atoms with Crippen molar-refractivity contribution >= 4 is 40.8 Å². The van der Waals surface area contributed by atoms with Crippen LogP contribution in [0.25, 0.3) is 0 Å². The normalized spacial score (nSPS) is 20.3. The van der Waals surface area contributed by atoms with Crippen molar-refractivity contribution in [3.8, 4) is 11.8 Å². The zero-order chi connectivity index (χ0) is 40.2. The largest absolute Gasteiger partial charge is 0.495 e. The first-order valence-corrected chi connectivity index (χ1v) is 18.5. The Morgan fingerprint density at radius 1 is 1.00 bits per heavy atom.